The van der Waals surface area contributed by atoms with E-state index in [1.54, 1.807) is 14.0 Å². The molecule has 0 aliphatic carbocycles. The molecule has 0 bridgehead atoms. The number of methoxy groups -OCH3 is 1. The van der Waals surface area contributed by atoms with Gasteiger partial charge in [-0.05, 0) is 68.7 Å². The molecule has 1 N–H and O–H groups in total. The van der Waals surface area contributed by atoms with Crippen molar-refractivity contribution in [2.75, 3.05) is 12.4 Å². The highest BCUT2D eigenvalue weighted by molar-refractivity contribution is 5.96. The van der Waals surface area contributed by atoms with E-state index in [4.69, 9.17) is 9.26 Å². The fraction of sp³-hybridized carbons (Fsp3) is 0.280. The second-order valence-corrected chi connectivity index (χ2v) is 8.02. The standard InChI is InChI=1S/C25H26N4O4/c1-6-20(24(30)26-19-13-14(2)7-8-15(19)3)29-25(31)23-21(16(4)33-28-23)22(27-29)17-9-11-18(32-5)12-10-17/h7-13,20H,6H2,1-5H3,(H,26,30)/t20-/m1/s1. The summed E-state index contributed by atoms with van der Waals surface area (Å²) in [5, 5.41) is 12.1. The Morgan fingerprint density at radius 1 is 1.15 bits per heavy atom. The number of nitrogens with one attached hydrogen (secondary N) is 1. The molecule has 2 aromatic heterocycles. The number of amides is 1. The van der Waals surface area contributed by atoms with Crippen LogP contribution in [0.25, 0.3) is 22.2 Å². The van der Waals surface area contributed by atoms with Crippen LogP contribution in [0.3, 0.4) is 0 Å². The molecule has 8 nitrogen and oxygen atoms in total. The Bertz CT molecular complexity index is 1390. The van der Waals surface area contributed by atoms with Crippen molar-refractivity contribution in [3.05, 3.63) is 69.7 Å². The van der Waals surface area contributed by atoms with Gasteiger partial charge in [0.05, 0.1) is 12.5 Å². The number of hydrogen-bond acceptors (Lipinski definition) is 6. The minimum Gasteiger partial charge on any atom is -0.497 e. The lowest BCUT2D eigenvalue weighted by Crippen LogP contribution is -2.35. The second kappa shape index (κ2) is 8.90. The smallest absolute Gasteiger partial charge is 0.297 e. The van der Waals surface area contributed by atoms with Crippen molar-refractivity contribution in [3.8, 4) is 17.0 Å². The third kappa shape index (κ3) is 4.11. The predicted octanol–water partition coefficient (Wildman–Crippen LogP) is 4.58. The van der Waals surface area contributed by atoms with Crippen LogP contribution in [0.15, 0.2) is 51.8 Å². The molecule has 0 saturated carbocycles. The molecule has 0 radical (unpaired) electrons. The fourth-order valence-corrected chi connectivity index (χ4v) is 3.83. The number of ether oxygens (including phenoxy) is 1. The van der Waals surface area contributed by atoms with E-state index in [0.29, 0.717) is 34.7 Å². The van der Waals surface area contributed by atoms with Gasteiger partial charge in [0.25, 0.3) is 5.56 Å². The summed E-state index contributed by atoms with van der Waals surface area (Å²) in [4.78, 5) is 26.5. The van der Waals surface area contributed by atoms with Crippen molar-refractivity contribution in [3.63, 3.8) is 0 Å². The average molecular weight is 447 g/mol. The van der Waals surface area contributed by atoms with Gasteiger partial charge in [-0.1, -0.05) is 24.2 Å². The molecule has 33 heavy (non-hydrogen) atoms. The van der Waals surface area contributed by atoms with Gasteiger partial charge in [0, 0.05) is 11.3 Å². The number of aryl methyl sites for hydroxylation is 3. The maximum Gasteiger partial charge on any atom is 0.297 e. The number of carbonyl (C=O) groups is 1. The highest BCUT2D eigenvalue weighted by Gasteiger charge is 2.26. The Morgan fingerprint density at radius 2 is 1.88 bits per heavy atom. The zero-order valence-corrected chi connectivity index (χ0v) is 19.3. The van der Waals surface area contributed by atoms with Crippen molar-refractivity contribution < 1.29 is 14.1 Å². The van der Waals surface area contributed by atoms with Gasteiger partial charge >= 0.3 is 0 Å². The van der Waals surface area contributed by atoms with E-state index >= 15 is 0 Å². The number of carbonyl (C=O) groups excluding carboxylic acids is 1. The molecule has 0 aliphatic rings. The summed E-state index contributed by atoms with van der Waals surface area (Å²) in [6.45, 7) is 7.46. The van der Waals surface area contributed by atoms with Crippen molar-refractivity contribution in [2.24, 2.45) is 0 Å². The van der Waals surface area contributed by atoms with Gasteiger partial charge in [-0.2, -0.15) is 5.10 Å². The van der Waals surface area contributed by atoms with E-state index in [1.807, 2.05) is 63.2 Å². The molecule has 2 heterocycles. The van der Waals surface area contributed by atoms with Gasteiger partial charge in [0.1, 0.15) is 23.2 Å². The van der Waals surface area contributed by atoms with Gasteiger partial charge in [0.15, 0.2) is 5.52 Å². The van der Waals surface area contributed by atoms with Crippen molar-refractivity contribution in [1.82, 2.24) is 14.9 Å². The largest absolute Gasteiger partial charge is 0.497 e. The number of rotatable bonds is 6. The summed E-state index contributed by atoms with van der Waals surface area (Å²) in [5.41, 5.74) is 3.62. The molecule has 0 saturated heterocycles. The Balaban J connectivity index is 1.83. The van der Waals surface area contributed by atoms with Crippen LogP contribution in [0.5, 0.6) is 5.75 Å². The van der Waals surface area contributed by atoms with Gasteiger partial charge in [-0.15, -0.1) is 0 Å². The van der Waals surface area contributed by atoms with Crippen LogP contribution in [-0.2, 0) is 4.79 Å². The highest BCUT2D eigenvalue weighted by Crippen LogP contribution is 2.29. The first-order valence-electron chi connectivity index (χ1n) is 10.7. The van der Waals surface area contributed by atoms with E-state index in [0.717, 1.165) is 16.7 Å². The first kappa shape index (κ1) is 22.3. The molecule has 0 fully saturated rings. The summed E-state index contributed by atoms with van der Waals surface area (Å²) in [7, 11) is 1.59. The van der Waals surface area contributed by atoms with Crippen molar-refractivity contribution in [1.29, 1.82) is 0 Å². The number of benzene rings is 2. The average Bonchev–Trinajstić information content (AvgIpc) is 3.20. The number of fused-ring (bicyclic) bond motifs is 1. The quantitative estimate of drug-likeness (QED) is 0.466. The van der Waals surface area contributed by atoms with Crippen LogP contribution in [-0.4, -0.2) is 28.0 Å². The molecule has 0 spiro atoms. The molecule has 2 aromatic carbocycles. The van der Waals surface area contributed by atoms with E-state index in [2.05, 4.69) is 15.6 Å². The lowest BCUT2D eigenvalue weighted by molar-refractivity contribution is -0.119. The Morgan fingerprint density at radius 3 is 2.55 bits per heavy atom. The maximum absolute atomic E-state index is 13.3. The minimum atomic E-state index is -0.823. The monoisotopic (exact) mass is 446 g/mol. The molecule has 1 amide bonds. The molecule has 8 heteroatoms. The zero-order valence-electron chi connectivity index (χ0n) is 19.3. The van der Waals surface area contributed by atoms with Gasteiger partial charge in [-0.25, -0.2) is 4.68 Å². The Kier molecular flexibility index (Phi) is 6.00. The first-order valence-corrected chi connectivity index (χ1v) is 10.7. The SMILES string of the molecule is CC[C@H](C(=O)Nc1cc(C)ccc1C)n1nc(-c2ccc(OC)cc2)c2c(C)onc2c1=O. The van der Waals surface area contributed by atoms with Gasteiger partial charge < -0.3 is 14.6 Å². The summed E-state index contributed by atoms with van der Waals surface area (Å²) in [5.74, 6) is 0.867. The number of anilines is 1. The molecule has 1 atom stereocenters. The van der Waals surface area contributed by atoms with E-state index in [9.17, 15) is 9.59 Å². The van der Waals surface area contributed by atoms with Gasteiger partial charge in [-0.3, -0.25) is 9.59 Å². The predicted molar refractivity (Wildman–Crippen MR) is 127 cm³/mol. The first-order chi connectivity index (χ1) is 15.8. The van der Waals surface area contributed by atoms with Gasteiger partial charge in [0.2, 0.25) is 5.91 Å². The van der Waals surface area contributed by atoms with Crippen LogP contribution < -0.4 is 15.6 Å². The number of hydrogen-bond donors (Lipinski definition) is 1. The second-order valence-electron chi connectivity index (χ2n) is 8.02. The molecule has 0 unspecified atom stereocenters. The van der Waals surface area contributed by atoms with E-state index in [1.165, 1.54) is 4.68 Å². The van der Waals surface area contributed by atoms with E-state index < -0.39 is 11.6 Å². The lowest BCUT2D eigenvalue weighted by Gasteiger charge is -2.19. The number of nitrogens with zero attached hydrogens (tertiary/aromatic N) is 3. The van der Waals surface area contributed by atoms with Crippen molar-refractivity contribution in [2.45, 2.75) is 40.2 Å². The Hall–Kier alpha value is -3.94. The molecule has 0 aliphatic heterocycles. The topological polar surface area (TPSA) is 99.2 Å². The van der Waals surface area contributed by atoms with Crippen molar-refractivity contribution >= 4 is 22.5 Å². The summed E-state index contributed by atoms with van der Waals surface area (Å²) >= 11 is 0. The van der Waals surface area contributed by atoms with E-state index in [-0.39, 0.29) is 11.4 Å². The molecular formula is C25H26N4O4. The summed E-state index contributed by atoms with van der Waals surface area (Å²) in [6.07, 6.45) is 0.369. The zero-order chi connectivity index (χ0) is 23.7. The fourth-order valence-electron chi connectivity index (χ4n) is 3.83. The third-order valence-corrected chi connectivity index (χ3v) is 5.72. The summed E-state index contributed by atoms with van der Waals surface area (Å²) in [6, 6.07) is 12.3. The van der Waals surface area contributed by atoms with Crippen LogP contribution in [0.2, 0.25) is 0 Å². The molecule has 4 rings (SSSR count). The molecular weight excluding hydrogens is 420 g/mol. The molecule has 170 valence electrons. The maximum atomic E-state index is 13.3. The Labute approximate surface area is 191 Å². The lowest BCUT2D eigenvalue weighted by atomic mass is 10.1. The summed E-state index contributed by atoms with van der Waals surface area (Å²) < 4.78 is 11.8. The van der Waals surface area contributed by atoms with Crippen LogP contribution in [0.1, 0.15) is 36.3 Å². The molecule has 4 aromatic rings. The third-order valence-electron chi connectivity index (χ3n) is 5.72. The van der Waals surface area contributed by atoms with Crippen LogP contribution in [0, 0.1) is 20.8 Å². The normalized spacial score (nSPS) is 12.0. The number of aromatic nitrogens is 3. The highest BCUT2D eigenvalue weighted by atomic mass is 16.5. The van der Waals surface area contributed by atoms with Crippen LogP contribution >= 0.6 is 0 Å². The minimum absolute atomic E-state index is 0.145. The van der Waals surface area contributed by atoms with Crippen LogP contribution in [0.4, 0.5) is 5.69 Å².